The third-order valence-electron chi connectivity index (χ3n) is 2.62. The maximum absolute atomic E-state index is 12.0. The third kappa shape index (κ3) is 1.80. The van der Waals surface area contributed by atoms with Gasteiger partial charge in [0.05, 0.1) is 5.56 Å². The average Bonchev–Trinajstić information content (AvgIpc) is 2.60. The number of rotatable bonds is 1. The average molecular weight is 239 g/mol. The second-order valence-electron chi connectivity index (χ2n) is 5.06. The Morgan fingerprint density at radius 1 is 1.38 bits per heavy atom. The molecule has 0 saturated carbocycles. The highest BCUT2D eigenvalue weighted by atomic mass is 32.1. The van der Waals surface area contributed by atoms with Crippen molar-refractivity contribution >= 4 is 23.3 Å². The van der Waals surface area contributed by atoms with Gasteiger partial charge in [-0.1, -0.05) is 27.7 Å². The van der Waals surface area contributed by atoms with E-state index in [2.05, 4.69) is 35.8 Å². The van der Waals surface area contributed by atoms with Gasteiger partial charge in [-0.15, -0.1) is 0 Å². The summed E-state index contributed by atoms with van der Waals surface area (Å²) in [7, 11) is 0. The van der Waals surface area contributed by atoms with Gasteiger partial charge in [0.15, 0.2) is 5.82 Å². The predicted molar refractivity (Wildman–Crippen MR) is 66.0 cm³/mol. The van der Waals surface area contributed by atoms with E-state index in [4.69, 9.17) is 0 Å². The molecule has 1 aliphatic rings. The molecule has 0 aliphatic carbocycles. The van der Waals surface area contributed by atoms with Crippen molar-refractivity contribution in [3.63, 3.8) is 0 Å². The molecule has 0 bridgehead atoms. The number of hydrogen-bond donors (Lipinski definition) is 2. The van der Waals surface area contributed by atoms with Gasteiger partial charge in [-0.05, 0) is 23.4 Å². The van der Waals surface area contributed by atoms with Crippen LogP contribution < -0.4 is 10.6 Å². The summed E-state index contributed by atoms with van der Waals surface area (Å²) in [6.45, 7) is 8.32. The fourth-order valence-corrected chi connectivity index (χ4v) is 2.63. The number of fused-ring (bicyclic) bond motifs is 1. The lowest BCUT2D eigenvalue weighted by atomic mass is 9.91. The molecule has 1 aromatic heterocycles. The normalized spacial score (nSPS) is 20.0. The third-order valence-corrected chi connectivity index (χ3v) is 3.90. The highest BCUT2D eigenvalue weighted by Gasteiger charge is 2.32. The molecule has 16 heavy (non-hydrogen) atoms. The van der Waals surface area contributed by atoms with Gasteiger partial charge in [0.25, 0.3) is 5.91 Å². The molecule has 1 amide bonds. The summed E-state index contributed by atoms with van der Waals surface area (Å²) in [6, 6.07) is 0. The van der Waals surface area contributed by atoms with Crippen LogP contribution in [0.25, 0.3) is 0 Å². The van der Waals surface area contributed by atoms with E-state index in [9.17, 15) is 4.79 Å². The maximum atomic E-state index is 12.0. The Morgan fingerprint density at radius 3 is 2.62 bits per heavy atom. The summed E-state index contributed by atoms with van der Waals surface area (Å²) in [5, 5.41) is 6.17. The number of nitrogens with zero attached hydrogens (tertiary/aromatic N) is 1. The Balaban J connectivity index is 2.44. The number of carbonyl (C=O) groups excluding carboxylic acids is 1. The second kappa shape index (κ2) is 3.73. The molecule has 2 N–H and O–H groups in total. The minimum absolute atomic E-state index is 0.000671. The lowest BCUT2D eigenvalue weighted by Crippen LogP contribution is -2.45. The standard InChI is InChI=1S/C11H17N3OS/c1-5-6-12-9-7(10(15)13-6)8(16-14-9)11(2,3)4/h6H,5H2,1-4H3,(H,12,14)(H,13,15). The molecule has 0 spiro atoms. The van der Waals surface area contributed by atoms with Crippen molar-refractivity contribution in [1.82, 2.24) is 9.69 Å². The van der Waals surface area contributed by atoms with Gasteiger partial charge < -0.3 is 10.6 Å². The number of carbonyl (C=O) groups is 1. The molecule has 88 valence electrons. The number of amides is 1. The number of aromatic nitrogens is 1. The van der Waals surface area contributed by atoms with Gasteiger partial charge in [0, 0.05) is 4.88 Å². The van der Waals surface area contributed by atoms with Crippen molar-refractivity contribution in [2.75, 3.05) is 5.32 Å². The molecule has 1 aromatic rings. The van der Waals surface area contributed by atoms with Crippen LogP contribution in [0.4, 0.5) is 5.82 Å². The molecule has 1 unspecified atom stereocenters. The fourth-order valence-electron chi connectivity index (χ4n) is 1.75. The van der Waals surface area contributed by atoms with E-state index in [-0.39, 0.29) is 17.5 Å². The van der Waals surface area contributed by atoms with Gasteiger partial charge in [0.2, 0.25) is 0 Å². The van der Waals surface area contributed by atoms with Crippen LogP contribution in [0, 0.1) is 0 Å². The van der Waals surface area contributed by atoms with Crippen LogP contribution in [-0.2, 0) is 5.41 Å². The Labute approximate surface area is 99.6 Å². The van der Waals surface area contributed by atoms with Crippen molar-refractivity contribution in [3.8, 4) is 0 Å². The van der Waals surface area contributed by atoms with Crippen LogP contribution in [0.3, 0.4) is 0 Å². The van der Waals surface area contributed by atoms with Crippen LogP contribution >= 0.6 is 11.5 Å². The number of nitrogens with one attached hydrogen (secondary N) is 2. The highest BCUT2D eigenvalue weighted by molar-refractivity contribution is 7.06. The molecule has 0 fully saturated rings. The van der Waals surface area contributed by atoms with E-state index in [0.717, 1.165) is 22.7 Å². The zero-order chi connectivity index (χ0) is 11.9. The maximum Gasteiger partial charge on any atom is 0.257 e. The molecular formula is C11H17N3OS. The number of hydrogen-bond acceptors (Lipinski definition) is 4. The Morgan fingerprint density at radius 2 is 2.06 bits per heavy atom. The molecular weight excluding hydrogens is 222 g/mol. The van der Waals surface area contributed by atoms with Crippen molar-refractivity contribution < 1.29 is 4.79 Å². The Kier molecular flexibility index (Phi) is 2.66. The molecule has 2 rings (SSSR count). The zero-order valence-electron chi connectivity index (χ0n) is 10.0. The van der Waals surface area contributed by atoms with Crippen molar-refractivity contribution in [2.24, 2.45) is 0 Å². The van der Waals surface area contributed by atoms with E-state index >= 15 is 0 Å². The molecule has 0 saturated heterocycles. The van der Waals surface area contributed by atoms with Crippen LogP contribution in [0.5, 0.6) is 0 Å². The summed E-state index contributed by atoms with van der Waals surface area (Å²) in [4.78, 5) is 13.0. The smallest absolute Gasteiger partial charge is 0.257 e. The van der Waals surface area contributed by atoms with E-state index < -0.39 is 0 Å². The van der Waals surface area contributed by atoms with Gasteiger partial charge >= 0.3 is 0 Å². The highest BCUT2D eigenvalue weighted by Crippen LogP contribution is 2.35. The topological polar surface area (TPSA) is 54.0 Å². The van der Waals surface area contributed by atoms with Crippen LogP contribution in [0.1, 0.15) is 49.4 Å². The first-order valence-corrected chi connectivity index (χ1v) is 6.28. The summed E-state index contributed by atoms with van der Waals surface area (Å²) < 4.78 is 4.34. The van der Waals surface area contributed by atoms with E-state index in [1.54, 1.807) is 0 Å². The van der Waals surface area contributed by atoms with Crippen LogP contribution in [0.2, 0.25) is 0 Å². The van der Waals surface area contributed by atoms with Gasteiger partial charge in [-0.2, -0.15) is 4.37 Å². The molecule has 1 aliphatic heterocycles. The van der Waals surface area contributed by atoms with E-state index in [1.807, 2.05) is 6.92 Å². The van der Waals surface area contributed by atoms with Gasteiger partial charge in [-0.25, -0.2) is 0 Å². The lowest BCUT2D eigenvalue weighted by Gasteiger charge is -2.26. The van der Waals surface area contributed by atoms with Gasteiger partial charge in [0.1, 0.15) is 6.17 Å². The minimum Gasteiger partial charge on any atom is -0.349 e. The second-order valence-corrected chi connectivity index (χ2v) is 5.84. The first-order valence-electron chi connectivity index (χ1n) is 5.51. The number of anilines is 1. The summed E-state index contributed by atoms with van der Waals surface area (Å²) in [5.41, 5.74) is 0.686. The molecule has 0 aromatic carbocycles. The summed E-state index contributed by atoms with van der Waals surface area (Å²) in [5.74, 6) is 0.741. The van der Waals surface area contributed by atoms with Crippen molar-refractivity contribution in [3.05, 3.63) is 10.4 Å². The Bertz CT molecular complexity index is 419. The largest absolute Gasteiger partial charge is 0.349 e. The molecule has 0 radical (unpaired) electrons. The first kappa shape index (κ1) is 11.4. The first-order chi connectivity index (χ1) is 7.43. The quantitative estimate of drug-likeness (QED) is 0.791. The summed E-state index contributed by atoms with van der Waals surface area (Å²) in [6.07, 6.45) is 0.864. The predicted octanol–water partition coefficient (Wildman–Crippen LogP) is 2.33. The fraction of sp³-hybridized carbons (Fsp3) is 0.636. The minimum atomic E-state index is -0.0384. The zero-order valence-corrected chi connectivity index (χ0v) is 10.9. The van der Waals surface area contributed by atoms with E-state index in [1.165, 1.54) is 11.5 Å². The van der Waals surface area contributed by atoms with Gasteiger partial charge in [-0.3, -0.25) is 4.79 Å². The molecule has 4 nitrogen and oxygen atoms in total. The monoisotopic (exact) mass is 239 g/mol. The molecule has 5 heteroatoms. The van der Waals surface area contributed by atoms with Crippen LogP contribution in [0.15, 0.2) is 0 Å². The Hall–Kier alpha value is -1.10. The van der Waals surface area contributed by atoms with E-state index in [0.29, 0.717) is 0 Å². The summed E-state index contributed by atoms with van der Waals surface area (Å²) >= 11 is 1.42. The van der Waals surface area contributed by atoms with Crippen molar-refractivity contribution in [1.29, 1.82) is 0 Å². The lowest BCUT2D eigenvalue weighted by molar-refractivity contribution is 0.0933. The molecule has 2 heterocycles. The SMILES string of the molecule is CCC1NC(=O)c2c(nsc2C(C)(C)C)N1. The van der Waals surface area contributed by atoms with Crippen LogP contribution in [-0.4, -0.2) is 16.4 Å². The van der Waals surface area contributed by atoms with Crippen molar-refractivity contribution in [2.45, 2.75) is 45.7 Å². The molecule has 1 atom stereocenters.